The Morgan fingerprint density at radius 2 is 1.72 bits per heavy atom. The van der Waals surface area contributed by atoms with Crippen LogP contribution in [0.1, 0.15) is 25.3 Å². The average molecular weight is 429 g/mol. The lowest BCUT2D eigenvalue weighted by atomic mass is 9.99. The molecule has 0 radical (unpaired) electrons. The highest BCUT2D eigenvalue weighted by molar-refractivity contribution is 6.02. The van der Waals surface area contributed by atoms with Gasteiger partial charge in [0.25, 0.3) is 0 Å². The van der Waals surface area contributed by atoms with E-state index in [1.54, 1.807) is 13.2 Å². The van der Waals surface area contributed by atoms with Crippen LogP contribution in [0.5, 0.6) is 5.75 Å². The first kappa shape index (κ1) is 21.6. The molecular weight excluding hydrogens is 400 g/mol. The summed E-state index contributed by atoms with van der Waals surface area (Å²) in [5, 5.41) is 11.7. The fourth-order valence-corrected chi connectivity index (χ4v) is 3.68. The van der Waals surface area contributed by atoms with E-state index in [-0.39, 0.29) is 5.91 Å². The molecule has 1 saturated heterocycles. The van der Waals surface area contributed by atoms with Crippen molar-refractivity contribution in [2.24, 2.45) is 5.92 Å². The number of benzene rings is 2. The van der Waals surface area contributed by atoms with Crippen LogP contribution in [0.4, 0.5) is 11.5 Å². The van der Waals surface area contributed by atoms with E-state index >= 15 is 0 Å². The molecule has 0 unspecified atom stereocenters. The average Bonchev–Trinajstić information content (AvgIpc) is 2.84. The third kappa shape index (κ3) is 5.52. The highest BCUT2D eigenvalue weighted by atomic mass is 16.5. The van der Waals surface area contributed by atoms with Crippen molar-refractivity contribution >= 4 is 23.5 Å². The van der Waals surface area contributed by atoms with E-state index in [1.165, 1.54) is 18.9 Å². The van der Waals surface area contributed by atoms with E-state index in [1.807, 2.05) is 60.7 Å². The maximum absolute atomic E-state index is 12.2. The molecule has 2 heterocycles. The van der Waals surface area contributed by atoms with Crippen molar-refractivity contribution in [2.75, 3.05) is 30.4 Å². The van der Waals surface area contributed by atoms with Crippen LogP contribution < -0.4 is 15.0 Å². The standard InChI is InChI=1S/C26H28N4O2/c1-19-15-17-30(18-16-19)25-13-12-24(28-29-25)21-6-8-22(9-7-21)27-26(31)14-5-20-3-10-23(32-2)11-4-20/h3-14,19H,15-18H2,1-2H3,(H,27,31)/b14-5+. The topological polar surface area (TPSA) is 67.3 Å². The summed E-state index contributed by atoms with van der Waals surface area (Å²) in [4.78, 5) is 14.5. The van der Waals surface area contributed by atoms with Crippen LogP contribution in [0.15, 0.2) is 66.7 Å². The Morgan fingerprint density at radius 1 is 1.00 bits per heavy atom. The monoisotopic (exact) mass is 428 g/mol. The van der Waals surface area contributed by atoms with E-state index in [9.17, 15) is 4.79 Å². The molecule has 1 fully saturated rings. The van der Waals surface area contributed by atoms with Gasteiger partial charge in [-0.15, -0.1) is 10.2 Å². The fourth-order valence-electron chi connectivity index (χ4n) is 3.68. The predicted octanol–water partition coefficient (Wildman–Crippen LogP) is 5.04. The molecule has 1 N–H and O–H groups in total. The van der Waals surface area contributed by atoms with Crippen LogP contribution in [-0.4, -0.2) is 36.3 Å². The Morgan fingerprint density at radius 3 is 2.34 bits per heavy atom. The Kier molecular flexibility index (Phi) is 6.80. The summed E-state index contributed by atoms with van der Waals surface area (Å²) in [5.41, 5.74) is 3.43. The van der Waals surface area contributed by atoms with Crippen molar-refractivity contribution in [3.8, 4) is 17.0 Å². The van der Waals surface area contributed by atoms with Gasteiger partial charge in [-0.05, 0) is 66.8 Å². The normalized spacial score (nSPS) is 14.5. The number of nitrogens with zero attached hydrogens (tertiary/aromatic N) is 3. The van der Waals surface area contributed by atoms with Gasteiger partial charge < -0.3 is 15.0 Å². The number of aromatic nitrogens is 2. The highest BCUT2D eigenvalue weighted by Crippen LogP contribution is 2.24. The quantitative estimate of drug-likeness (QED) is 0.557. The van der Waals surface area contributed by atoms with E-state index in [0.717, 1.165) is 53.1 Å². The fraction of sp³-hybridized carbons (Fsp3) is 0.269. The number of nitrogens with one attached hydrogen (secondary N) is 1. The molecule has 6 nitrogen and oxygen atoms in total. The molecule has 2 aromatic carbocycles. The summed E-state index contributed by atoms with van der Waals surface area (Å²) in [7, 11) is 1.63. The van der Waals surface area contributed by atoms with E-state index < -0.39 is 0 Å². The van der Waals surface area contributed by atoms with Crippen molar-refractivity contribution in [3.05, 3.63) is 72.3 Å². The van der Waals surface area contributed by atoms with E-state index in [0.29, 0.717) is 0 Å². The molecule has 0 bridgehead atoms. The van der Waals surface area contributed by atoms with Crippen LogP contribution in [0.2, 0.25) is 0 Å². The molecule has 0 saturated carbocycles. The Hall–Kier alpha value is -3.67. The van der Waals surface area contributed by atoms with Crippen LogP contribution in [0, 0.1) is 5.92 Å². The van der Waals surface area contributed by atoms with Crippen LogP contribution >= 0.6 is 0 Å². The molecular formula is C26H28N4O2. The molecule has 4 rings (SSSR count). The van der Waals surface area contributed by atoms with E-state index in [4.69, 9.17) is 4.74 Å². The van der Waals surface area contributed by atoms with Crippen molar-refractivity contribution < 1.29 is 9.53 Å². The van der Waals surface area contributed by atoms with Crippen molar-refractivity contribution in [2.45, 2.75) is 19.8 Å². The molecule has 32 heavy (non-hydrogen) atoms. The summed E-state index contributed by atoms with van der Waals surface area (Å²) in [6.45, 7) is 4.38. The third-order valence-electron chi connectivity index (χ3n) is 5.75. The summed E-state index contributed by atoms with van der Waals surface area (Å²) in [5.74, 6) is 2.32. The number of carbonyl (C=O) groups excluding carboxylic acids is 1. The van der Waals surface area contributed by atoms with Crippen LogP contribution in [0.3, 0.4) is 0 Å². The molecule has 0 atom stereocenters. The van der Waals surface area contributed by atoms with Crippen molar-refractivity contribution in [1.29, 1.82) is 0 Å². The number of carbonyl (C=O) groups is 1. The number of methoxy groups -OCH3 is 1. The minimum absolute atomic E-state index is 0.187. The molecule has 1 amide bonds. The minimum atomic E-state index is -0.187. The molecule has 0 spiro atoms. The second-order valence-electron chi connectivity index (χ2n) is 8.12. The maximum Gasteiger partial charge on any atom is 0.248 e. The number of hydrogen-bond donors (Lipinski definition) is 1. The van der Waals surface area contributed by atoms with Gasteiger partial charge in [0.05, 0.1) is 12.8 Å². The Bertz CT molecular complexity index is 1050. The van der Waals surface area contributed by atoms with Gasteiger partial charge in [0, 0.05) is 30.4 Å². The lowest BCUT2D eigenvalue weighted by Crippen LogP contribution is -2.33. The maximum atomic E-state index is 12.2. The smallest absolute Gasteiger partial charge is 0.248 e. The first-order valence-electron chi connectivity index (χ1n) is 10.9. The molecule has 0 aliphatic carbocycles. The number of hydrogen-bond acceptors (Lipinski definition) is 5. The second kappa shape index (κ2) is 10.1. The van der Waals surface area contributed by atoms with Gasteiger partial charge >= 0.3 is 0 Å². The predicted molar refractivity (Wildman–Crippen MR) is 129 cm³/mol. The van der Waals surface area contributed by atoms with Crippen LogP contribution in [0.25, 0.3) is 17.3 Å². The van der Waals surface area contributed by atoms with Gasteiger partial charge in [-0.25, -0.2) is 0 Å². The van der Waals surface area contributed by atoms with Crippen molar-refractivity contribution in [1.82, 2.24) is 10.2 Å². The second-order valence-corrected chi connectivity index (χ2v) is 8.12. The number of anilines is 2. The summed E-state index contributed by atoms with van der Waals surface area (Å²) in [6.07, 6.45) is 5.68. The minimum Gasteiger partial charge on any atom is -0.497 e. The summed E-state index contributed by atoms with van der Waals surface area (Å²) < 4.78 is 5.14. The van der Waals surface area contributed by atoms with Gasteiger partial charge in [-0.3, -0.25) is 4.79 Å². The molecule has 1 aromatic heterocycles. The number of amides is 1. The molecule has 164 valence electrons. The largest absolute Gasteiger partial charge is 0.497 e. The van der Waals surface area contributed by atoms with Gasteiger partial charge in [0.15, 0.2) is 5.82 Å². The van der Waals surface area contributed by atoms with Gasteiger partial charge in [0.2, 0.25) is 5.91 Å². The lowest BCUT2D eigenvalue weighted by molar-refractivity contribution is -0.111. The van der Waals surface area contributed by atoms with Gasteiger partial charge in [-0.2, -0.15) is 0 Å². The molecule has 1 aliphatic heterocycles. The highest BCUT2D eigenvalue weighted by Gasteiger charge is 2.17. The third-order valence-corrected chi connectivity index (χ3v) is 5.75. The van der Waals surface area contributed by atoms with Crippen LogP contribution in [-0.2, 0) is 4.79 Å². The van der Waals surface area contributed by atoms with Gasteiger partial charge in [-0.1, -0.05) is 31.2 Å². The molecule has 3 aromatic rings. The number of rotatable bonds is 6. The molecule has 6 heteroatoms. The Labute approximate surface area is 188 Å². The summed E-state index contributed by atoms with van der Waals surface area (Å²) >= 11 is 0. The molecule has 1 aliphatic rings. The number of piperidine rings is 1. The van der Waals surface area contributed by atoms with Crippen molar-refractivity contribution in [3.63, 3.8) is 0 Å². The Balaban J connectivity index is 1.34. The zero-order valence-electron chi connectivity index (χ0n) is 18.5. The first-order valence-corrected chi connectivity index (χ1v) is 10.9. The first-order chi connectivity index (χ1) is 15.6. The van der Waals surface area contributed by atoms with E-state index in [2.05, 4.69) is 27.3 Å². The number of ether oxygens (including phenoxy) is 1. The zero-order chi connectivity index (χ0) is 22.3. The summed E-state index contributed by atoms with van der Waals surface area (Å²) in [6, 6.07) is 19.2. The zero-order valence-corrected chi connectivity index (χ0v) is 18.5. The lowest BCUT2D eigenvalue weighted by Gasteiger charge is -2.30. The SMILES string of the molecule is COc1ccc(/C=C/C(=O)Nc2ccc(-c3ccc(N4CCC(C)CC4)nn3)cc2)cc1. The van der Waals surface area contributed by atoms with Gasteiger partial charge in [0.1, 0.15) is 5.75 Å².